The van der Waals surface area contributed by atoms with Gasteiger partial charge in [-0.15, -0.1) is 0 Å². The smallest absolute Gasteiger partial charge is 0.0121 e. The molecule has 2 fully saturated rings. The van der Waals surface area contributed by atoms with Gasteiger partial charge in [-0.1, -0.05) is 6.92 Å². The third-order valence-corrected chi connectivity index (χ3v) is 3.18. The molecule has 0 aromatic rings. The van der Waals surface area contributed by atoms with Crippen molar-refractivity contribution < 1.29 is 0 Å². The largest absolute Gasteiger partial charge is 0.300 e. The molecule has 0 aromatic carbocycles. The summed E-state index contributed by atoms with van der Waals surface area (Å²) < 4.78 is 0. The van der Waals surface area contributed by atoms with Crippen molar-refractivity contribution >= 4 is 0 Å². The highest BCUT2D eigenvalue weighted by molar-refractivity contribution is 4.86. The van der Waals surface area contributed by atoms with E-state index >= 15 is 0 Å². The summed E-state index contributed by atoms with van der Waals surface area (Å²) in [5.74, 6) is 0.983. The van der Waals surface area contributed by atoms with Crippen molar-refractivity contribution in [2.75, 3.05) is 13.1 Å². The Bertz CT molecular complexity index is 122. The molecule has 2 aliphatic rings. The molecule has 2 heterocycles. The van der Waals surface area contributed by atoms with Gasteiger partial charge in [0, 0.05) is 6.04 Å². The molecule has 10 heavy (non-hydrogen) atoms. The Morgan fingerprint density at radius 1 is 1.10 bits per heavy atom. The van der Waals surface area contributed by atoms with E-state index in [1.165, 1.54) is 38.8 Å². The number of hydrogen-bond donors (Lipinski definition) is 0. The fourth-order valence-electron chi connectivity index (χ4n) is 2.58. The number of nitrogens with zero attached hydrogens (tertiary/aromatic N) is 1. The van der Waals surface area contributed by atoms with Gasteiger partial charge in [0.2, 0.25) is 0 Å². The van der Waals surface area contributed by atoms with Crippen LogP contribution in [0.4, 0.5) is 0 Å². The van der Waals surface area contributed by atoms with E-state index in [1.54, 1.807) is 0 Å². The molecule has 1 heteroatoms. The quantitative estimate of drug-likeness (QED) is 0.495. The minimum Gasteiger partial charge on any atom is -0.300 e. The lowest BCUT2D eigenvalue weighted by molar-refractivity contribution is 0.144. The van der Waals surface area contributed by atoms with Gasteiger partial charge in [0.15, 0.2) is 0 Å². The molecule has 0 amide bonds. The van der Waals surface area contributed by atoms with Gasteiger partial charge in [0.25, 0.3) is 0 Å². The molecule has 0 N–H and O–H groups in total. The first-order chi connectivity index (χ1) is 4.88. The fourth-order valence-corrected chi connectivity index (χ4v) is 2.58. The molecular formula is C9H17N. The van der Waals surface area contributed by atoms with Gasteiger partial charge < -0.3 is 4.90 Å². The molecule has 2 rings (SSSR count). The van der Waals surface area contributed by atoms with Crippen LogP contribution < -0.4 is 0 Å². The third kappa shape index (κ3) is 0.968. The molecule has 2 aliphatic heterocycles. The second-order valence-corrected chi connectivity index (χ2v) is 3.87. The van der Waals surface area contributed by atoms with E-state index in [4.69, 9.17) is 0 Å². The Balaban J connectivity index is 2.03. The molecule has 0 bridgehead atoms. The van der Waals surface area contributed by atoms with Gasteiger partial charge in [0.05, 0.1) is 0 Å². The molecule has 2 saturated heterocycles. The van der Waals surface area contributed by atoms with Crippen LogP contribution in [-0.2, 0) is 0 Å². The maximum absolute atomic E-state index is 2.69. The highest BCUT2D eigenvalue weighted by Crippen LogP contribution is 2.30. The van der Waals surface area contributed by atoms with Crippen LogP contribution in [0.3, 0.4) is 0 Å². The maximum Gasteiger partial charge on any atom is 0.0121 e. The van der Waals surface area contributed by atoms with Gasteiger partial charge in [-0.25, -0.2) is 0 Å². The SMILES string of the molecule is C[C@@H]1CCCN2CCC[C@@H]12. The summed E-state index contributed by atoms with van der Waals surface area (Å²) in [5, 5.41) is 0. The lowest BCUT2D eigenvalue weighted by Crippen LogP contribution is -2.39. The molecule has 0 unspecified atom stereocenters. The van der Waals surface area contributed by atoms with Crippen LogP contribution in [0.2, 0.25) is 0 Å². The van der Waals surface area contributed by atoms with Crippen molar-refractivity contribution in [1.29, 1.82) is 0 Å². The van der Waals surface area contributed by atoms with Crippen LogP contribution in [0.5, 0.6) is 0 Å². The molecular weight excluding hydrogens is 122 g/mol. The second-order valence-electron chi connectivity index (χ2n) is 3.87. The highest BCUT2D eigenvalue weighted by atomic mass is 15.2. The topological polar surface area (TPSA) is 3.24 Å². The zero-order valence-electron chi connectivity index (χ0n) is 6.84. The average Bonchev–Trinajstić information content (AvgIpc) is 2.36. The zero-order valence-corrected chi connectivity index (χ0v) is 6.84. The minimum absolute atomic E-state index is 0.966. The van der Waals surface area contributed by atoms with E-state index in [0.29, 0.717) is 0 Å². The zero-order chi connectivity index (χ0) is 6.97. The van der Waals surface area contributed by atoms with Crippen LogP contribution in [0.15, 0.2) is 0 Å². The van der Waals surface area contributed by atoms with E-state index in [9.17, 15) is 0 Å². The van der Waals surface area contributed by atoms with Crippen molar-refractivity contribution in [1.82, 2.24) is 4.90 Å². The van der Waals surface area contributed by atoms with Crippen LogP contribution in [0, 0.1) is 5.92 Å². The first-order valence-electron chi connectivity index (χ1n) is 4.62. The van der Waals surface area contributed by atoms with Gasteiger partial charge in [-0.05, 0) is 44.7 Å². The Hall–Kier alpha value is -0.0400. The maximum atomic E-state index is 2.69. The van der Waals surface area contributed by atoms with E-state index in [-0.39, 0.29) is 0 Å². The number of hydrogen-bond acceptors (Lipinski definition) is 1. The predicted molar refractivity (Wildman–Crippen MR) is 43.0 cm³/mol. The van der Waals surface area contributed by atoms with Crippen LogP contribution >= 0.6 is 0 Å². The Kier molecular flexibility index (Phi) is 1.69. The predicted octanol–water partition coefficient (Wildman–Crippen LogP) is 1.88. The lowest BCUT2D eigenvalue weighted by Gasteiger charge is -2.34. The fraction of sp³-hybridized carbons (Fsp3) is 1.00. The molecule has 0 aliphatic carbocycles. The Labute approximate surface area is 63.4 Å². The van der Waals surface area contributed by atoms with Crippen molar-refractivity contribution in [3.05, 3.63) is 0 Å². The van der Waals surface area contributed by atoms with Gasteiger partial charge in [-0.2, -0.15) is 0 Å². The monoisotopic (exact) mass is 139 g/mol. The van der Waals surface area contributed by atoms with Gasteiger partial charge >= 0.3 is 0 Å². The van der Waals surface area contributed by atoms with E-state index in [1.807, 2.05) is 0 Å². The molecule has 2 atom stereocenters. The van der Waals surface area contributed by atoms with Crippen LogP contribution in [0.1, 0.15) is 32.6 Å². The lowest BCUT2D eigenvalue weighted by atomic mass is 9.91. The van der Waals surface area contributed by atoms with Crippen molar-refractivity contribution in [2.24, 2.45) is 5.92 Å². The molecule has 58 valence electrons. The number of fused-ring (bicyclic) bond motifs is 1. The van der Waals surface area contributed by atoms with Gasteiger partial charge in [0.1, 0.15) is 0 Å². The molecule has 0 saturated carbocycles. The van der Waals surface area contributed by atoms with Crippen LogP contribution in [-0.4, -0.2) is 24.0 Å². The molecule has 1 nitrogen and oxygen atoms in total. The first kappa shape index (κ1) is 6.66. The summed E-state index contributed by atoms with van der Waals surface area (Å²) in [4.78, 5) is 2.69. The van der Waals surface area contributed by atoms with E-state index in [0.717, 1.165) is 12.0 Å². The summed E-state index contributed by atoms with van der Waals surface area (Å²) in [6.07, 6.45) is 5.84. The summed E-state index contributed by atoms with van der Waals surface area (Å²) in [6.45, 7) is 5.19. The molecule has 0 spiro atoms. The standard InChI is InChI=1S/C9H17N/c1-8-4-2-6-10-7-3-5-9(8)10/h8-9H,2-7H2,1H3/t8-,9+/m1/s1. The van der Waals surface area contributed by atoms with Crippen LogP contribution in [0.25, 0.3) is 0 Å². The van der Waals surface area contributed by atoms with Crippen molar-refractivity contribution in [3.63, 3.8) is 0 Å². The first-order valence-corrected chi connectivity index (χ1v) is 4.62. The number of rotatable bonds is 0. The normalized spacial score (nSPS) is 41.7. The summed E-state index contributed by atoms with van der Waals surface area (Å²) >= 11 is 0. The van der Waals surface area contributed by atoms with Crippen molar-refractivity contribution in [2.45, 2.75) is 38.6 Å². The average molecular weight is 139 g/mol. The summed E-state index contributed by atoms with van der Waals surface area (Å²) in [7, 11) is 0. The summed E-state index contributed by atoms with van der Waals surface area (Å²) in [5.41, 5.74) is 0. The second kappa shape index (κ2) is 2.54. The summed E-state index contributed by atoms with van der Waals surface area (Å²) in [6, 6.07) is 0.966. The molecule has 0 aromatic heterocycles. The Morgan fingerprint density at radius 2 is 1.80 bits per heavy atom. The Morgan fingerprint density at radius 3 is 2.50 bits per heavy atom. The van der Waals surface area contributed by atoms with Gasteiger partial charge in [-0.3, -0.25) is 0 Å². The van der Waals surface area contributed by atoms with E-state index in [2.05, 4.69) is 11.8 Å². The van der Waals surface area contributed by atoms with E-state index < -0.39 is 0 Å². The molecule has 0 radical (unpaired) electrons. The minimum atomic E-state index is 0.966. The van der Waals surface area contributed by atoms with Crippen molar-refractivity contribution in [3.8, 4) is 0 Å². The third-order valence-electron chi connectivity index (χ3n) is 3.18. The highest BCUT2D eigenvalue weighted by Gasteiger charge is 2.31. The number of piperidine rings is 1.